The predicted molar refractivity (Wildman–Crippen MR) is 94.4 cm³/mol. The molecule has 1 aliphatic rings. The van der Waals surface area contributed by atoms with E-state index in [-0.39, 0.29) is 47.4 Å². The smallest absolute Gasteiger partial charge is 0.328 e. The molecular weight excluding hydrogens is 362 g/mol. The average Bonchev–Trinajstić information content (AvgIpc) is 2.51. The van der Waals surface area contributed by atoms with Gasteiger partial charge in [0.05, 0.1) is 6.61 Å². The zero-order valence-electron chi connectivity index (χ0n) is 14.6. The van der Waals surface area contributed by atoms with Gasteiger partial charge in [-0.25, -0.2) is 17.9 Å². The summed E-state index contributed by atoms with van der Waals surface area (Å²) in [6.45, 7) is 3.28. The van der Waals surface area contributed by atoms with Crippen LogP contribution in [0.3, 0.4) is 0 Å². The number of sulfonamides is 1. The molecule has 1 aliphatic carbocycles. The van der Waals surface area contributed by atoms with Crippen molar-refractivity contribution in [1.82, 2.24) is 10.0 Å². The summed E-state index contributed by atoms with van der Waals surface area (Å²) >= 11 is 0. The molecule has 0 bridgehead atoms. The number of aliphatic hydroxyl groups is 1. The molecule has 2 rings (SSSR count). The van der Waals surface area contributed by atoms with E-state index in [1.807, 2.05) is 4.72 Å². The van der Waals surface area contributed by atoms with Crippen LogP contribution in [0.2, 0.25) is 0 Å². The first kappa shape index (κ1) is 20.0. The molecule has 1 fully saturated rings. The first-order valence-electron chi connectivity index (χ1n) is 8.23. The number of amides is 3. The Morgan fingerprint density at radius 2 is 2.00 bits per heavy atom. The Balaban J connectivity index is 2.14. The SMILES string of the molecule is CCOc1ccc(NC(C)=O)cc1S(=O)(=O)NC(=O)NC1CC(CO)C1. The molecule has 0 heterocycles. The highest BCUT2D eigenvalue weighted by molar-refractivity contribution is 7.90. The number of ether oxygens (including phenoxy) is 1. The average molecular weight is 385 g/mol. The second kappa shape index (κ2) is 8.37. The molecule has 3 amide bonds. The summed E-state index contributed by atoms with van der Waals surface area (Å²) in [6, 6.07) is 3.14. The van der Waals surface area contributed by atoms with Gasteiger partial charge in [0.15, 0.2) is 0 Å². The fourth-order valence-electron chi connectivity index (χ4n) is 2.67. The molecule has 0 spiro atoms. The predicted octanol–water partition coefficient (Wildman–Crippen LogP) is 0.802. The zero-order valence-corrected chi connectivity index (χ0v) is 15.4. The Kier molecular flexibility index (Phi) is 6.43. The number of benzene rings is 1. The van der Waals surface area contributed by atoms with E-state index in [1.165, 1.54) is 25.1 Å². The van der Waals surface area contributed by atoms with E-state index < -0.39 is 16.1 Å². The lowest BCUT2D eigenvalue weighted by Crippen LogP contribution is -2.50. The largest absolute Gasteiger partial charge is 0.492 e. The van der Waals surface area contributed by atoms with Gasteiger partial charge in [0, 0.05) is 25.3 Å². The van der Waals surface area contributed by atoms with Crippen LogP contribution >= 0.6 is 0 Å². The molecule has 26 heavy (non-hydrogen) atoms. The fourth-order valence-corrected chi connectivity index (χ4v) is 3.76. The molecule has 9 nitrogen and oxygen atoms in total. The lowest BCUT2D eigenvalue weighted by atomic mass is 9.81. The van der Waals surface area contributed by atoms with E-state index in [0.29, 0.717) is 12.8 Å². The zero-order chi connectivity index (χ0) is 19.3. The molecule has 0 aliphatic heterocycles. The molecule has 1 saturated carbocycles. The Labute approximate surface area is 152 Å². The second-order valence-electron chi connectivity index (χ2n) is 6.07. The van der Waals surface area contributed by atoms with Crippen LogP contribution in [0, 0.1) is 5.92 Å². The van der Waals surface area contributed by atoms with E-state index >= 15 is 0 Å². The van der Waals surface area contributed by atoms with Gasteiger partial charge in [-0.1, -0.05) is 0 Å². The number of hydrogen-bond donors (Lipinski definition) is 4. The molecule has 0 atom stereocenters. The monoisotopic (exact) mass is 385 g/mol. The van der Waals surface area contributed by atoms with Crippen LogP contribution in [-0.2, 0) is 14.8 Å². The molecule has 0 aromatic heterocycles. The van der Waals surface area contributed by atoms with Crippen LogP contribution in [0.1, 0.15) is 26.7 Å². The van der Waals surface area contributed by atoms with Gasteiger partial charge in [0.1, 0.15) is 10.6 Å². The van der Waals surface area contributed by atoms with Crippen molar-refractivity contribution in [3.8, 4) is 5.75 Å². The number of carbonyl (C=O) groups is 2. The summed E-state index contributed by atoms with van der Waals surface area (Å²) < 4.78 is 32.4. The van der Waals surface area contributed by atoms with Gasteiger partial charge in [-0.15, -0.1) is 0 Å². The number of urea groups is 1. The lowest BCUT2D eigenvalue weighted by molar-refractivity contribution is -0.114. The number of anilines is 1. The van der Waals surface area contributed by atoms with Crippen molar-refractivity contribution >= 4 is 27.6 Å². The third-order valence-electron chi connectivity index (χ3n) is 3.91. The molecule has 10 heteroatoms. The molecule has 0 saturated heterocycles. The maximum atomic E-state index is 12.6. The lowest BCUT2D eigenvalue weighted by Gasteiger charge is -2.34. The van der Waals surface area contributed by atoms with Crippen LogP contribution in [-0.4, -0.2) is 44.7 Å². The van der Waals surface area contributed by atoms with Crippen molar-refractivity contribution in [2.75, 3.05) is 18.5 Å². The third-order valence-corrected chi connectivity index (χ3v) is 5.26. The molecule has 1 aromatic rings. The van der Waals surface area contributed by atoms with E-state index in [0.717, 1.165) is 0 Å². The number of aliphatic hydroxyl groups excluding tert-OH is 1. The van der Waals surface area contributed by atoms with Crippen LogP contribution in [0.15, 0.2) is 23.1 Å². The summed E-state index contributed by atoms with van der Waals surface area (Å²) in [4.78, 5) is 22.9. The van der Waals surface area contributed by atoms with Gasteiger partial charge in [0.2, 0.25) is 5.91 Å². The van der Waals surface area contributed by atoms with Crippen molar-refractivity contribution < 1.29 is 27.9 Å². The van der Waals surface area contributed by atoms with Crippen LogP contribution in [0.5, 0.6) is 5.75 Å². The standard InChI is InChI=1S/C16H23N3O6S/c1-3-25-14-5-4-12(17-10(2)21)8-15(14)26(23,24)19-16(22)18-13-6-11(7-13)9-20/h4-5,8,11,13,20H,3,6-7,9H2,1-2H3,(H,17,21)(H2,18,19,22). The van der Waals surface area contributed by atoms with Crippen molar-refractivity contribution in [2.45, 2.75) is 37.6 Å². The second-order valence-corrected chi connectivity index (χ2v) is 7.72. The summed E-state index contributed by atoms with van der Waals surface area (Å²) in [5, 5.41) is 14.0. The number of carbonyl (C=O) groups excluding carboxylic acids is 2. The maximum Gasteiger partial charge on any atom is 0.328 e. The number of nitrogens with one attached hydrogen (secondary N) is 3. The van der Waals surface area contributed by atoms with E-state index in [9.17, 15) is 18.0 Å². The van der Waals surface area contributed by atoms with Crippen molar-refractivity contribution in [1.29, 1.82) is 0 Å². The number of rotatable bonds is 7. The van der Waals surface area contributed by atoms with Crippen LogP contribution in [0.25, 0.3) is 0 Å². The topological polar surface area (TPSA) is 134 Å². The van der Waals surface area contributed by atoms with Crippen LogP contribution in [0.4, 0.5) is 10.5 Å². The first-order valence-corrected chi connectivity index (χ1v) is 9.72. The van der Waals surface area contributed by atoms with Gasteiger partial charge < -0.3 is 20.5 Å². The Bertz CT molecular complexity index is 774. The number of hydrogen-bond acceptors (Lipinski definition) is 6. The quantitative estimate of drug-likeness (QED) is 0.549. The highest BCUT2D eigenvalue weighted by Gasteiger charge is 2.31. The Morgan fingerprint density at radius 1 is 1.31 bits per heavy atom. The van der Waals surface area contributed by atoms with E-state index in [4.69, 9.17) is 9.84 Å². The Morgan fingerprint density at radius 3 is 2.58 bits per heavy atom. The minimum absolute atomic E-state index is 0.0474. The minimum atomic E-state index is -4.21. The first-order chi connectivity index (χ1) is 12.2. The summed E-state index contributed by atoms with van der Waals surface area (Å²) in [5.41, 5.74) is 0.270. The summed E-state index contributed by atoms with van der Waals surface area (Å²) in [6.07, 6.45) is 1.21. The maximum absolute atomic E-state index is 12.6. The summed E-state index contributed by atoms with van der Waals surface area (Å²) in [5.74, 6) is -0.145. The van der Waals surface area contributed by atoms with Gasteiger partial charge in [-0.05, 0) is 43.9 Å². The van der Waals surface area contributed by atoms with E-state index in [1.54, 1.807) is 6.92 Å². The van der Waals surface area contributed by atoms with Gasteiger partial charge >= 0.3 is 6.03 Å². The molecular formula is C16H23N3O6S. The summed E-state index contributed by atoms with van der Waals surface area (Å²) in [7, 11) is -4.21. The normalized spacial score (nSPS) is 19.2. The Hall–Kier alpha value is -2.33. The van der Waals surface area contributed by atoms with Crippen molar-refractivity contribution in [3.05, 3.63) is 18.2 Å². The van der Waals surface area contributed by atoms with Gasteiger partial charge in [0.25, 0.3) is 10.0 Å². The van der Waals surface area contributed by atoms with Crippen molar-refractivity contribution in [2.24, 2.45) is 5.92 Å². The van der Waals surface area contributed by atoms with Gasteiger partial charge in [-0.3, -0.25) is 4.79 Å². The van der Waals surface area contributed by atoms with E-state index in [2.05, 4.69) is 10.6 Å². The van der Waals surface area contributed by atoms with Crippen LogP contribution < -0.4 is 20.1 Å². The van der Waals surface area contributed by atoms with Gasteiger partial charge in [-0.2, -0.15) is 0 Å². The molecule has 0 unspecified atom stereocenters. The molecule has 144 valence electrons. The molecule has 0 radical (unpaired) electrons. The molecule has 4 N–H and O–H groups in total. The highest BCUT2D eigenvalue weighted by atomic mass is 32.2. The minimum Gasteiger partial charge on any atom is -0.492 e. The fraction of sp³-hybridized carbons (Fsp3) is 0.500. The highest BCUT2D eigenvalue weighted by Crippen LogP contribution is 2.28. The van der Waals surface area contributed by atoms with Crippen molar-refractivity contribution in [3.63, 3.8) is 0 Å². The third kappa shape index (κ3) is 5.09. The molecule has 1 aromatic carbocycles.